The van der Waals surface area contributed by atoms with Gasteiger partial charge < -0.3 is 24.5 Å². The van der Waals surface area contributed by atoms with Crippen molar-refractivity contribution in [3.8, 4) is 17.2 Å². The molecule has 1 atom stereocenters. The summed E-state index contributed by atoms with van der Waals surface area (Å²) in [5.74, 6) is -2.02. The third-order valence-corrected chi connectivity index (χ3v) is 5.10. The van der Waals surface area contributed by atoms with Gasteiger partial charge in [0, 0.05) is 0 Å². The van der Waals surface area contributed by atoms with Crippen LogP contribution < -0.4 is 14.6 Å². The van der Waals surface area contributed by atoms with E-state index in [1.165, 1.54) is 32.4 Å². The van der Waals surface area contributed by atoms with Gasteiger partial charge in [0.05, 0.1) is 31.1 Å². The number of methoxy groups -OCH3 is 2. The number of thiocarbonyl (C=S) groups is 1. The molecule has 0 aliphatic carbocycles. The maximum atomic E-state index is 12.7. The maximum Gasteiger partial charge on any atom is 0.266 e. The highest BCUT2D eigenvalue weighted by Gasteiger charge is 2.39. The normalized spacial score (nSPS) is 17.1. The van der Waals surface area contributed by atoms with Crippen molar-refractivity contribution in [1.29, 1.82) is 0 Å². The second-order valence-corrected chi connectivity index (χ2v) is 7.51. The molecule has 26 heavy (non-hydrogen) atoms. The van der Waals surface area contributed by atoms with E-state index in [0.29, 0.717) is 5.56 Å². The number of carbonyl (C=O) groups excluding carboxylic acids is 2. The minimum Gasteiger partial charge on any atom is -0.548 e. The first-order valence-corrected chi connectivity index (χ1v) is 8.86. The molecule has 9 heteroatoms. The number of thioether (sulfide) groups is 1. The van der Waals surface area contributed by atoms with Gasteiger partial charge in [0.15, 0.2) is 11.5 Å². The van der Waals surface area contributed by atoms with E-state index in [-0.39, 0.29) is 32.4 Å². The molecular formula is C17H18NO6S2-. The second-order valence-electron chi connectivity index (χ2n) is 5.83. The molecule has 1 aliphatic heterocycles. The Morgan fingerprint density at radius 2 is 1.85 bits per heavy atom. The van der Waals surface area contributed by atoms with E-state index < -0.39 is 17.9 Å². The fraction of sp³-hybridized carbons (Fsp3) is 0.353. The van der Waals surface area contributed by atoms with Crippen molar-refractivity contribution < 1.29 is 29.3 Å². The van der Waals surface area contributed by atoms with Crippen molar-refractivity contribution in [3.05, 3.63) is 22.6 Å². The number of hydrogen-bond donors (Lipinski definition) is 1. The Morgan fingerprint density at radius 1 is 1.31 bits per heavy atom. The number of aliphatic carboxylic acids is 1. The van der Waals surface area contributed by atoms with Crippen LogP contribution in [-0.4, -0.2) is 46.5 Å². The molecule has 1 saturated heterocycles. The summed E-state index contributed by atoms with van der Waals surface area (Å²) >= 11 is 6.19. The minimum absolute atomic E-state index is 0.154. The van der Waals surface area contributed by atoms with Gasteiger partial charge in [-0.3, -0.25) is 9.69 Å². The lowest BCUT2D eigenvalue weighted by molar-refractivity contribution is -0.311. The van der Waals surface area contributed by atoms with Gasteiger partial charge in [0.25, 0.3) is 5.91 Å². The number of nitrogens with zero attached hydrogens (tertiary/aromatic N) is 1. The number of aromatic hydroxyl groups is 1. The number of carboxylic acids is 1. The fourth-order valence-electron chi connectivity index (χ4n) is 2.54. The molecule has 1 aromatic carbocycles. The molecule has 1 heterocycles. The van der Waals surface area contributed by atoms with Gasteiger partial charge in [-0.1, -0.05) is 37.8 Å². The zero-order valence-corrected chi connectivity index (χ0v) is 16.3. The van der Waals surface area contributed by atoms with Crippen molar-refractivity contribution in [2.24, 2.45) is 5.92 Å². The molecule has 1 amide bonds. The maximum absolute atomic E-state index is 12.7. The van der Waals surface area contributed by atoms with E-state index in [1.54, 1.807) is 13.8 Å². The van der Waals surface area contributed by atoms with E-state index in [2.05, 4.69) is 0 Å². The first-order valence-electron chi connectivity index (χ1n) is 7.64. The summed E-state index contributed by atoms with van der Waals surface area (Å²) in [5.41, 5.74) is 0.534. The second kappa shape index (κ2) is 7.96. The molecule has 1 aliphatic rings. The van der Waals surface area contributed by atoms with E-state index in [9.17, 15) is 19.8 Å². The van der Waals surface area contributed by atoms with Crippen LogP contribution in [0.4, 0.5) is 0 Å². The number of benzene rings is 1. The number of carbonyl (C=O) groups is 2. The Balaban J connectivity index is 2.43. The number of hydrogen-bond acceptors (Lipinski definition) is 8. The molecule has 2 rings (SSSR count). The van der Waals surface area contributed by atoms with Crippen LogP contribution >= 0.6 is 24.0 Å². The highest BCUT2D eigenvalue weighted by atomic mass is 32.2. The predicted molar refractivity (Wildman–Crippen MR) is 99.9 cm³/mol. The molecule has 0 spiro atoms. The Hall–Kier alpha value is -2.26. The Morgan fingerprint density at radius 3 is 2.27 bits per heavy atom. The van der Waals surface area contributed by atoms with Crippen LogP contribution in [0.1, 0.15) is 19.4 Å². The number of ether oxygens (including phenoxy) is 2. The molecule has 0 unspecified atom stereocenters. The van der Waals surface area contributed by atoms with Crippen molar-refractivity contribution in [2.45, 2.75) is 19.9 Å². The Kier molecular flexibility index (Phi) is 6.14. The summed E-state index contributed by atoms with van der Waals surface area (Å²) in [4.78, 5) is 25.5. The summed E-state index contributed by atoms with van der Waals surface area (Å²) in [6.45, 7) is 3.36. The fourth-order valence-corrected chi connectivity index (χ4v) is 3.87. The van der Waals surface area contributed by atoms with Crippen molar-refractivity contribution in [1.82, 2.24) is 4.90 Å². The standard InChI is InChI=1S/C17H19NO6S2/c1-8(2)13(16(21)22)18-15(20)12(26-17(18)25)7-9-5-10(23-3)14(19)11(6-9)24-4/h5-8,13,19H,1-4H3,(H,21,22)/p-1/b12-7-/t13-/m1/s1. The first-order chi connectivity index (χ1) is 12.2. The molecule has 0 bridgehead atoms. The third kappa shape index (κ3) is 3.78. The van der Waals surface area contributed by atoms with Gasteiger partial charge in [-0.25, -0.2) is 0 Å². The molecular weight excluding hydrogens is 378 g/mol. The summed E-state index contributed by atoms with van der Waals surface area (Å²) in [6, 6.07) is 1.92. The SMILES string of the molecule is COc1cc(/C=C2\SC(=S)N([C@@H](C(=O)[O-])C(C)C)C2=O)cc(OC)c1O. The van der Waals surface area contributed by atoms with Gasteiger partial charge >= 0.3 is 0 Å². The zero-order chi connectivity index (χ0) is 19.6. The number of carboxylic acid groups (broad SMARTS) is 1. The molecule has 1 aromatic rings. The van der Waals surface area contributed by atoms with Crippen LogP contribution in [0.2, 0.25) is 0 Å². The molecule has 0 saturated carbocycles. The zero-order valence-electron chi connectivity index (χ0n) is 14.6. The minimum atomic E-state index is -1.36. The number of amides is 1. The number of rotatable bonds is 6. The summed E-state index contributed by atoms with van der Waals surface area (Å²) in [7, 11) is 2.79. The van der Waals surface area contributed by atoms with Crippen LogP contribution in [0.3, 0.4) is 0 Å². The van der Waals surface area contributed by atoms with Gasteiger partial charge in [-0.15, -0.1) is 0 Å². The van der Waals surface area contributed by atoms with Gasteiger partial charge in [0.1, 0.15) is 4.32 Å². The molecule has 1 N–H and O–H groups in total. The van der Waals surface area contributed by atoms with E-state index in [4.69, 9.17) is 21.7 Å². The summed E-state index contributed by atoms with van der Waals surface area (Å²) in [5, 5.41) is 21.4. The van der Waals surface area contributed by atoms with Crippen molar-refractivity contribution in [2.75, 3.05) is 14.2 Å². The monoisotopic (exact) mass is 396 g/mol. The molecule has 7 nitrogen and oxygen atoms in total. The summed E-state index contributed by atoms with van der Waals surface area (Å²) in [6.07, 6.45) is 1.54. The van der Waals surface area contributed by atoms with E-state index in [0.717, 1.165) is 16.7 Å². The van der Waals surface area contributed by atoms with Crippen molar-refractivity contribution >= 4 is 46.3 Å². The lowest BCUT2D eigenvalue weighted by atomic mass is 10.0. The van der Waals surface area contributed by atoms with Gasteiger partial charge in [0.2, 0.25) is 5.75 Å². The largest absolute Gasteiger partial charge is 0.548 e. The Bertz CT molecular complexity index is 764. The average molecular weight is 396 g/mol. The highest BCUT2D eigenvalue weighted by molar-refractivity contribution is 8.26. The van der Waals surface area contributed by atoms with Gasteiger partial charge in [-0.2, -0.15) is 0 Å². The smallest absolute Gasteiger partial charge is 0.266 e. The Labute approximate surface area is 160 Å². The predicted octanol–water partition coefficient (Wildman–Crippen LogP) is 1.39. The third-order valence-electron chi connectivity index (χ3n) is 3.77. The van der Waals surface area contributed by atoms with Crippen LogP contribution in [0, 0.1) is 5.92 Å². The lowest BCUT2D eigenvalue weighted by Gasteiger charge is -2.30. The summed E-state index contributed by atoms with van der Waals surface area (Å²) < 4.78 is 10.3. The van der Waals surface area contributed by atoms with Crippen LogP contribution in [-0.2, 0) is 9.59 Å². The van der Waals surface area contributed by atoms with E-state index >= 15 is 0 Å². The van der Waals surface area contributed by atoms with Crippen LogP contribution in [0.25, 0.3) is 6.08 Å². The lowest BCUT2D eigenvalue weighted by Crippen LogP contribution is -2.52. The van der Waals surface area contributed by atoms with E-state index in [1.807, 2.05) is 0 Å². The topological polar surface area (TPSA) is 99.1 Å². The van der Waals surface area contributed by atoms with Crippen LogP contribution in [0.5, 0.6) is 17.2 Å². The molecule has 0 radical (unpaired) electrons. The van der Waals surface area contributed by atoms with Crippen LogP contribution in [0.15, 0.2) is 17.0 Å². The van der Waals surface area contributed by atoms with Crippen molar-refractivity contribution in [3.63, 3.8) is 0 Å². The molecule has 0 aromatic heterocycles. The molecule has 140 valence electrons. The average Bonchev–Trinajstić information content (AvgIpc) is 2.83. The molecule has 1 fully saturated rings. The number of phenols is 1. The van der Waals surface area contributed by atoms with Gasteiger partial charge in [-0.05, 0) is 29.7 Å². The highest BCUT2D eigenvalue weighted by Crippen LogP contribution is 2.40. The number of phenolic OH excluding ortho intramolecular Hbond substituents is 1. The quantitative estimate of drug-likeness (QED) is 0.569. The first kappa shape index (κ1) is 20.1.